The molecule has 1 saturated carbocycles. The lowest BCUT2D eigenvalue weighted by Crippen LogP contribution is -2.29. The molecule has 2 aromatic rings. The van der Waals surface area contributed by atoms with Crippen LogP contribution in [0.1, 0.15) is 35.2 Å². The van der Waals surface area contributed by atoms with Crippen molar-refractivity contribution in [2.75, 3.05) is 24.5 Å². The molecule has 1 aliphatic heterocycles. The first-order valence-corrected chi connectivity index (χ1v) is 9.92. The molecule has 2 aliphatic rings. The van der Waals surface area contributed by atoms with Crippen LogP contribution in [0.5, 0.6) is 0 Å². The van der Waals surface area contributed by atoms with Crippen LogP contribution in [0.2, 0.25) is 0 Å². The number of hydrogen-bond acceptors (Lipinski definition) is 5. The number of amides is 1. The number of carboxylic acids is 1. The number of carbonyl (C=O) groups is 2. The number of aromatic carboxylic acids is 1. The van der Waals surface area contributed by atoms with E-state index >= 15 is 0 Å². The Morgan fingerprint density at radius 2 is 2.00 bits per heavy atom. The van der Waals surface area contributed by atoms with Crippen LogP contribution in [-0.2, 0) is 4.79 Å². The molecule has 2 fully saturated rings. The van der Waals surface area contributed by atoms with Crippen molar-refractivity contribution in [1.82, 2.24) is 10.3 Å². The normalized spacial score (nSPS) is 27.8. The number of aliphatic hydroxyl groups is 1. The second kappa shape index (κ2) is 7.48. The molecule has 0 unspecified atom stereocenters. The molecule has 4 rings (SSSR count). The highest BCUT2D eigenvalue weighted by atomic mass is 16.4. The van der Waals surface area contributed by atoms with E-state index in [9.17, 15) is 19.8 Å². The van der Waals surface area contributed by atoms with Crippen LogP contribution in [0.15, 0.2) is 48.7 Å². The van der Waals surface area contributed by atoms with Crippen LogP contribution in [0.25, 0.3) is 0 Å². The zero-order valence-electron chi connectivity index (χ0n) is 16.3. The van der Waals surface area contributed by atoms with E-state index in [4.69, 9.17) is 0 Å². The summed E-state index contributed by atoms with van der Waals surface area (Å²) in [4.78, 5) is 29.6. The Morgan fingerprint density at radius 1 is 1.24 bits per heavy atom. The second-order valence-electron chi connectivity index (χ2n) is 7.84. The number of carboxylic acid groups (broad SMARTS) is 1. The summed E-state index contributed by atoms with van der Waals surface area (Å²) >= 11 is 0. The van der Waals surface area contributed by atoms with Gasteiger partial charge in [0.05, 0.1) is 6.10 Å². The lowest BCUT2D eigenvalue weighted by Gasteiger charge is -2.19. The van der Waals surface area contributed by atoms with E-state index in [0.717, 1.165) is 5.56 Å². The summed E-state index contributed by atoms with van der Waals surface area (Å²) < 4.78 is 0. The average Bonchev–Trinajstić information content (AvgIpc) is 3.26. The third kappa shape index (κ3) is 3.25. The maximum atomic E-state index is 11.8. The monoisotopic (exact) mass is 395 g/mol. The van der Waals surface area contributed by atoms with Gasteiger partial charge in [0, 0.05) is 37.7 Å². The quantitative estimate of drug-likeness (QED) is 0.690. The number of rotatable bonds is 6. The van der Waals surface area contributed by atoms with E-state index in [0.29, 0.717) is 31.9 Å². The maximum Gasteiger partial charge on any atom is 0.339 e. The molecule has 0 radical (unpaired) electrons. The molecule has 1 aromatic carbocycles. The van der Waals surface area contributed by atoms with E-state index in [1.807, 2.05) is 42.2 Å². The van der Waals surface area contributed by atoms with E-state index < -0.39 is 17.5 Å². The van der Waals surface area contributed by atoms with E-state index in [2.05, 4.69) is 10.3 Å². The fraction of sp³-hybridized carbons (Fsp3) is 0.409. The Bertz CT molecular complexity index is 919. The van der Waals surface area contributed by atoms with Gasteiger partial charge in [0.1, 0.15) is 11.4 Å². The molecule has 4 atom stereocenters. The summed E-state index contributed by atoms with van der Waals surface area (Å²) in [5.41, 5.74) is 0.823. The predicted molar refractivity (Wildman–Crippen MR) is 108 cm³/mol. The van der Waals surface area contributed by atoms with Crippen LogP contribution in [0.4, 0.5) is 5.82 Å². The van der Waals surface area contributed by atoms with Gasteiger partial charge in [-0.25, -0.2) is 9.78 Å². The number of anilines is 1. The van der Waals surface area contributed by atoms with Gasteiger partial charge in [-0.15, -0.1) is 0 Å². The van der Waals surface area contributed by atoms with Crippen molar-refractivity contribution in [3.63, 3.8) is 0 Å². The van der Waals surface area contributed by atoms with Gasteiger partial charge in [0.15, 0.2) is 0 Å². The van der Waals surface area contributed by atoms with Gasteiger partial charge in [0.2, 0.25) is 5.91 Å². The fourth-order valence-electron chi connectivity index (χ4n) is 4.93. The van der Waals surface area contributed by atoms with Gasteiger partial charge in [-0.2, -0.15) is 0 Å². The van der Waals surface area contributed by atoms with Crippen molar-refractivity contribution in [2.45, 2.75) is 25.4 Å². The van der Waals surface area contributed by atoms with Gasteiger partial charge in [-0.05, 0) is 29.5 Å². The second-order valence-corrected chi connectivity index (χ2v) is 7.84. The van der Waals surface area contributed by atoms with Gasteiger partial charge in [0.25, 0.3) is 0 Å². The van der Waals surface area contributed by atoms with Crippen LogP contribution in [0, 0.1) is 11.3 Å². The molecule has 29 heavy (non-hydrogen) atoms. The molecular formula is C22H25N3O4. The Labute approximate surface area is 169 Å². The summed E-state index contributed by atoms with van der Waals surface area (Å²) in [6.07, 6.45) is 1.35. The number of aliphatic hydroxyl groups excluding tert-OH is 1. The van der Waals surface area contributed by atoms with Gasteiger partial charge in [-0.1, -0.05) is 37.3 Å². The third-order valence-corrected chi connectivity index (χ3v) is 6.36. The highest BCUT2D eigenvalue weighted by molar-refractivity contribution is 5.93. The van der Waals surface area contributed by atoms with Crippen molar-refractivity contribution in [2.24, 2.45) is 11.3 Å². The fourth-order valence-corrected chi connectivity index (χ4v) is 4.93. The highest BCUT2D eigenvalue weighted by Crippen LogP contribution is 2.68. The van der Waals surface area contributed by atoms with Crippen molar-refractivity contribution in [3.8, 4) is 0 Å². The zero-order chi connectivity index (χ0) is 20.6. The van der Waals surface area contributed by atoms with Gasteiger partial charge in [-0.3, -0.25) is 4.79 Å². The standard InChI is InChI=1S/C22H25N3O4/c1-2-18(27)24-11-16-19(14-7-4-3-5-8-14)22(16)13-25(12-17(22)26)20-15(21(28)29)9-6-10-23-20/h3-10,16-17,19,26H,2,11-13H2,1H3,(H,24,27)(H,28,29)/t16-,17-,19-,22-/m1/s1. The van der Waals surface area contributed by atoms with Crippen LogP contribution >= 0.6 is 0 Å². The number of nitrogens with zero attached hydrogens (tertiary/aromatic N) is 2. The average molecular weight is 395 g/mol. The summed E-state index contributed by atoms with van der Waals surface area (Å²) in [6, 6.07) is 13.1. The lowest BCUT2D eigenvalue weighted by molar-refractivity contribution is -0.120. The Kier molecular flexibility index (Phi) is 5.00. The number of benzene rings is 1. The third-order valence-electron chi connectivity index (χ3n) is 6.36. The van der Waals surface area contributed by atoms with Crippen LogP contribution in [0.3, 0.4) is 0 Å². The zero-order valence-corrected chi connectivity index (χ0v) is 16.3. The lowest BCUT2D eigenvalue weighted by atomic mass is 9.95. The minimum absolute atomic E-state index is 0.0129. The van der Waals surface area contributed by atoms with Gasteiger partial charge >= 0.3 is 5.97 Å². The van der Waals surface area contributed by atoms with Crippen molar-refractivity contribution >= 4 is 17.7 Å². The molecule has 7 heteroatoms. The summed E-state index contributed by atoms with van der Waals surface area (Å²) in [5, 5.41) is 23.6. The Morgan fingerprint density at radius 3 is 2.69 bits per heavy atom. The number of pyridine rings is 1. The number of hydrogen-bond donors (Lipinski definition) is 3. The highest BCUT2D eigenvalue weighted by Gasteiger charge is 2.71. The topological polar surface area (TPSA) is 103 Å². The van der Waals surface area contributed by atoms with E-state index in [-0.39, 0.29) is 23.3 Å². The molecule has 1 spiro atoms. The first-order valence-electron chi connectivity index (χ1n) is 9.92. The number of nitrogens with one attached hydrogen (secondary N) is 1. The van der Waals surface area contributed by atoms with Crippen molar-refractivity contribution < 1.29 is 19.8 Å². The van der Waals surface area contributed by atoms with Crippen LogP contribution < -0.4 is 10.2 Å². The largest absolute Gasteiger partial charge is 0.478 e. The molecule has 1 aromatic heterocycles. The van der Waals surface area contributed by atoms with Crippen LogP contribution in [-0.4, -0.2) is 52.8 Å². The molecule has 1 saturated heterocycles. The number of β-amino-alcohol motifs (C(OH)–C–C–N with tert-alkyl or cyclic N) is 1. The van der Waals surface area contributed by atoms with Crippen molar-refractivity contribution in [1.29, 1.82) is 0 Å². The summed E-state index contributed by atoms with van der Waals surface area (Å²) in [6.45, 7) is 3.12. The van der Waals surface area contributed by atoms with E-state index in [1.54, 1.807) is 12.3 Å². The minimum atomic E-state index is -1.04. The molecule has 152 valence electrons. The summed E-state index contributed by atoms with van der Waals surface area (Å²) in [7, 11) is 0. The Hall–Kier alpha value is -2.93. The molecule has 7 nitrogen and oxygen atoms in total. The molecule has 1 aliphatic carbocycles. The molecular weight excluding hydrogens is 370 g/mol. The molecule has 0 bridgehead atoms. The first kappa shape index (κ1) is 19.4. The predicted octanol–water partition coefficient (Wildman–Crippen LogP) is 1.89. The van der Waals surface area contributed by atoms with Crippen molar-refractivity contribution in [3.05, 3.63) is 59.8 Å². The smallest absolute Gasteiger partial charge is 0.339 e. The number of carbonyl (C=O) groups excluding carboxylic acids is 1. The van der Waals surface area contributed by atoms with E-state index in [1.165, 1.54) is 6.07 Å². The Balaban J connectivity index is 1.64. The van der Waals surface area contributed by atoms with Gasteiger partial charge < -0.3 is 20.4 Å². The maximum absolute atomic E-state index is 11.8. The summed E-state index contributed by atoms with van der Waals surface area (Å²) in [5.74, 6) is -0.493. The molecule has 1 amide bonds. The molecule has 3 N–H and O–H groups in total. The first-order chi connectivity index (χ1) is 14.0. The SMILES string of the molecule is CCC(=O)NC[C@@H]1[C@@H](c2ccccc2)[C@]12CN(c1ncccc1C(=O)O)C[C@H]2O. The molecule has 2 heterocycles. The number of aromatic nitrogens is 1. The minimum Gasteiger partial charge on any atom is -0.478 e.